The summed E-state index contributed by atoms with van der Waals surface area (Å²) >= 11 is 0. The van der Waals surface area contributed by atoms with Crippen LogP contribution >= 0.6 is 0 Å². The number of para-hydroxylation sites is 1. The number of halogens is 2. The molecule has 2 N–H and O–H groups in total. The largest absolute Gasteiger partial charge is 0.493 e. The standard InChI is InChI=1S/C14H17F2N3O2/c1-8-12(9(2)19-18-8)17-7-10-5-4-6-11(20-3)13(10)21-14(15)16/h4-6,14,17H,7H2,1-3H3,(H,18,19). The molecule has 5 nitrogen and oxygen atoms in total. The van der Waals surface area contributed by atoms with Crippen molar-refractivity contribution in [1.29, 1.82) is 0 Å². The van der Waals surface area contributed by atoms with Gasteiger partial charge in [0.05, 0.1) is 24.2 Å². The Morgan fingerprint density at radius 3 is 2.67 bits per heavy atom. The quantitative estimate of drug-likeness (QED) is 0.859. The van der Waals surface area contributed by atoms with Crippen molar-refractivity contribution in [2.45, 2.75) is 27.0 Å². The number of nitrogens with zero attached hydrogens (tertiary/aromatic N) is 1. The number of ether oxygens (including phenoxy) is 2. The van der Waals surface area contributed by atoms with E-state index < -0.39 is 6.61 Å². The summed E-state index contributed by atoms with van der Waals surface area (Å²) < 4.78 is 34.7. The van der Waals surface area contributed by atoms with E-state index in [4.69, 9.17) is 4.74 Å². The number of nitrogens with one attached hydrogen (secondary N) is 2. The van der Waals surface area contributed by atoms with Crippen LogP contribution in [0.1, 0.15) is 17.0 Å². The highest BCUT2D eigenvalue weighted by molar-refractivity contribution is 5.54. The van der Waals surface area contributed by atoms with E-state index in [0.717, 1.165) is 17.1 Å². The number of H-pyrrole nitrogens is 1. The van der Waals surface area contributed by atoms with Crippen molar-refractivity contribution in [2.24, 2.45) is 0 Å². The summed E-state index contributed by atoms with van der Waals surface area (Å²) in [6.07, 6.45) is 0. The molecule has 21 heavy (non-hydrogen) atoms. The van der Waals surface area contributed by atoms with E-state index in [1.54, 1.807) is 18.2 Å². The lowest BCUT2D eigenvalue weighted by atomic mass is 10.1. The first-order valence-electron chi connectivity index (χ1n) is 6.39. The molecule has 1 aromatic heterocycles. The molecule has 0 saturated heterocycles. The van der Waals surface area contributed by atoms with Crippen LogP contribution in [-0.4, -0.2) is 23.9 Å². The zero-order valence-electron chi connectivity index (χ0n) is 12.0. The Balaban J connectivity index is 2.23. The molecule has 0 aliphatic heterocycles. The lowest BCUT2D eigenvalue weighted by Crippen LogP contribution is -2.09. The summed E-state index contributed by atoms with van der Waals surface area (Å²) in [4.78, 5) is 0. The monoisotopic (exact) mass is 297 g/mol. The van der Waals surface area contributed by atoms with Gasteiger partial charge in [0.15, 0.2) is 11.5 Å². The molecule has 0 aliphatic carbocycles. The molecule has 0 unspecified atom stereocenters. The van der Waals surface area contributed by atoms with E-state index in [2.05, 4.69) is 20.3 Å². The molecule has 114 valence electrons. The molecule has 0 spiro atoms. The molecule has 7 heteroatoms. The van der Waals surface area contributed by atoms with Crippen LogP contribution in [0.5, 0.6) is 11.5 Å². The maximum Gasteiger partial charge on any atom is 0.387 e. The van der Waals surface area contributed by atoms with Gasteiger partial charge in [0.25, 0.3) is 0 Å². The Bertz CT molecular complexity index is 595. The predicted molar refractivity (Wildman–Crippen MR) is 75.0 cm³/mol. The van der Waals surface area contributed by atoms with Gasteiger partial charge >= 0.3 is 6.61 Å². The van der Waals surface area contributed by atoms with Gasteiger partial charge in [0.1, 0.15) is 0 Å². The third-order valence-corrected chi connectivity index (χ3v) is 3.07. The van der Waals surface area contributed by atoms with Gasteiger partial charge in [-0.2, -0.15) is 13.9 Å². The smallest absolute Gasteiger partial charge is 0.387 e. The molecule has 1 heterocycles. The Hall–Kier alpha value is -2.31. The SMILES string of the molecule is COc1cccc(CNc2c(C)n[nH]c2C)c1OC(F)F. The molecule has 0 fully saturated rings. The zero-order valence-corrected chi connectivity index (χ0v) is 12.0. The van der Waals surface area contributed by atoms with Gasteiger partial charge in [-0.3, -0.25) is 5.10 Å². The zero-order chi connectivity index (χ0) is 15.4. The first-order chi connectivity index (χ1) is 10.0. The van der Waals surface area contributed by atoms with Gasteiger partial charge in [-0.15, -0.1) is 0 Å². The van der Waals surface area contributed by atoms with E-state index in [1.165, 1.54) is 7.11 Å². The molecule has 0 radical (unpaired) electrons. The molecule has 0 aliphatic rings. The van der Waals surface area contributed by atoms with Crippen molar-refractivity contribution < 1.29 is 18.3 Å². The van der Waals surface area contributed by atoms with Crippen molar-refractivity contribution in [3.8, 4) is 11.5 Å². The molecule has 2 aromatic rings. The van der Waals surface area contributed by atoms with Crippen molar-refractivity contribution in [2.75, 3.05) is 12.4 Å². The van der Waals surface area contributed by atoms with Crippen LogP contribution in [0.3, 0.4) is 0 Å². The van der Waals surface area contributed by atoms with Gasteiger partial charge < -0.3 is 14.8 Å². The van der Waals surface area contributed by atoms with Crippen molar-refractivity contribution in [1.82, 2.24) is 10.2 Å². The fraction of sp³-hybridized carbons (Fsp3) is 0.357. The van der Waals surface area contributed by atoms with E-state index in [0.29, 0.717) is 12.1 Å². The molecule has 0 saturated carbocycles. The van der Waals surface area contributed by atoms with Gasteiger partial charge in [-0.1, -0.05) is 12.1 Å². The lowest BCUT2D eigenvalue weighted by Gasteiger charge is -2.15. The first-order valence-corrected chi connectivity index (χ1v) is 6.39. The Kier molecular flexibility index (Phi) is 4.62. The van der Waals surface area contributed by atoms with E-state index in [-0.39, 0.29) is 11.5 Å². The fourth-order valence-corrected chi connectivity index (χ4v) is 2.08. The third kappa shape index (κ3) is 3.42. The number of alkyl halides is 2. The van der Waals surface area contributed by atoms with Crippen molar-refractivity contribution in [3.63, 3.8) is 0 Å². The second-order valence-electron chi connectivity index (χ2n) is 4.49. The number of aryl methyl sites for hydroxylation is 2. The summed E-state index contributed by atoms with van der Waals surface area (Å²) in [5, 5.41) is 10.1. The predicted octanol–water partition coefficient (Wildman–Crippen LogP) is 3.25. The van der Waals surface area contributed by atoms with Crippen LogP contribution < -0.4 is 14.8 Å². The molecular formula is C14H17F2N3O2. The normalized spacial score (nSPS) is 10.8. The summed E-state index contributed by atoms with van der Waals surface area (Å²) in [5.74, 6) is 0.316. The van der Waals surface area contributed by atoms with Gasteiger partial charge in [0.2, 0.25) is 0 Å². The van der Waals surface area contributed by atoms with Crippen LogP contribution in [-0.2, 0) is 6.54 Å². The van der Waals surface area contributed by atoms with Gasteiger partial charge in [0, 0.05) is 12.1 Å². The number of hydrogen-bond donors (Lipinski definition) is 2. The Morgan fingerprint density at radius 2 is 2.10 bits per heavy atom. The lowest BCUT2D eigenvalue weighted by molar-refractivity contribution is -0.0517. The number of aromatic nitrogens is 2. The highest BCUT2D eigenvalue weighted by Gasteiger charge is 2.16. The number of hydrogen-bond acceptors (Lipinski definition) is 4. The minimum atomic E-state index is -2.91. The Morgan fingerprint density at radius 1 is 1.33 bits per heavy atom. The summed E-state index contributed by atoms with van der Waals surface area (Å²) in [6.45, 7) is 1.15. The van der Waals surface area contributed by atoms with Crippen LogP contribution in [0.25, 0.3) is 0 Å². The highest BCUT2D eigenvalue weighted by Crippen LogP contribution is 2.33. The maximum absolute atomic E-state index is 12.5. The number of methoxy groups -OCH3 is 1. The molecule has 0 atom stereocenters. The second kappa shape index (κ2) is 6.43. The van der Waals surface area contributed by atoms with Gasteiger partial charge in [-0.25, -0.2) is 0 Å². The van der Waals surface area contributed by atoms with Gasteiger partial charge in [-0.05, 0) is 19.9 Å². The number of aromatic amines is 1. The number of anilines is 1. The van der Waals surface area contributed by atoms with Crippen LogP contribution in [0, 0.1) is 13.8 Å². The average Bonchev–Trinajstić information content (AvgIpc) is 2.76. The molecular weight excluding hydrogens is 280 g/mol. The Labute approximate surface area is 121 Å². The molecule has 0 amide bonds. The van der Waals surface area contributed by atoms with E-state index >= 15 is 0 Å². The molecule has 2 rings (SSSR count). The minimum Gasteiger partial charge on any atom is -0.493 e. The number of rotatable bonds is 6. The van der Waals surface area contributed by atoms with Crippen molar-refractivity contribution in [3.05, 3.63) is 35.2 Å². The summed E-state index contributed by atoms with van der Waals surface area (Å²) in [7, 11) is 1.41. The van der Waals surface area contributed by atoms with Crippen LogP contribution in [0.4, 0.5) is 14.5 Å². The molecule has 0 bridgehead atoms. The van der Waals surface area contributed by atoms with E-state index in [9.17, 15) is 8.78 Å². The van der Waals surface area contributed by atoms with Crippen LogP contribution in [0.15, 0.2) is 18.2 Å². The first kappa shape index (κ1) is 15.1. The maximum atomic E-state index is 12.5. The topological polar surface area (TPSA) is 59.2 Å². The highest BCUT2D eigenvalue weighted by atomic mass is 19.3. The van der Waals surface area contributed by atoms with Crippen molar-refractivity contribution >= 4 is 5.69 Å². The third-order valence-electron chi connectivity index (χ3n) is 3.07. The minimum absolute atomic E-state index is 0.0429. The second-order valence-corrected chi connectivity index (χ2v) is 4.49. The van der Waals surface area contributed by atoms with E-state index in [1.807, 2.05) is 13.8 Å². The average molecular weight is 297 g/mol. The molecule has 1 aromatic carbocycles. The van der Waals surface area contributed by atoms with Crippen LogP contribution in [0.2, 0.25) is 0 Å². The number of benzene rings is 1. The summed E-state index contributed by atoms with van der Waals surface area (Å²) in [6, 6.07) is 5.01. The fourth-order valence-electron chi connectivity index (χ4n) is 2.08. The summed E-state index contributed by atoms with van der Waals surface area (Å²) in [5.41, 5.74) is 3.12.